The zero-order chi connectivity index (χ0) is 14.9. The fourth-order valence-corrected chi connectivity index (χ4v) is 3.96. The highest BCUT2D eigenvalue weighted by Gasteiger charge is 2.27. The normalized spacial score (nSPS) is 20.9. The van der Waals surface area contributed by atoms with Crippen molar-refractivity contribution in [1.29, 1.82) is 0 Å². The summed E-state index contributed by atoms with van der Waals surface area (Å²) in [6, 6.07) is 3.58. The molecule has 0 spiro atoms. The first kappa shape index (κ1) is 15.1. The van der Waals surface area contributed by atoms with Crippen LogP contribution in [0.1, 0.15) is 30.9 Å². The predicted molar refractivity (Wildman–Crippen MR) is 82.8 cm³/mol. The van der Waals surface area contributed by atoms with Crippen LogP contribution in [0.3, 0.4) is 0 Å². The molecule has 6 heteroatoms. The van der Waals surface area contributed by atoms with Gasteiger partial charge in [0.25, 0.3) is 0 Å². The van der Waals surface area contributed by atoms with Crippen molar-refractivity contribution < 1.29 is 8.42 Å². The van der Waals surface area contributed by atoms with Crippen molar-refractivity contribution >= 4 is 21.6 Å². The summed E-state index contributed by atoms with van der Waals surface area (Å²) in [6.45, 7) is 6.98. The molecule has 112 valence electrons. The molecule has 20 heavy (non-hydrogen) atoms. The van der Waals surface area contributed by atoms with Crippen molar-refractivity contribution in [3.63, 3.8) is 0 Å². The van der Waals surface area contributed by atoms with Crippen molar-refractivity contribution in [2.45, 2.75) is 33.6 Å². The Morgan fingerprint density at radius 1 is 1.30 bits per heavy atom. The zero-order valence-corrected chi connectivity index (χ0v) is 13.1. The van der Waals surface area contributed by atoms with Crippen LogP contribution in [0.4, 0.5) is 11.4 Å². The van der Waals surface area contributed by atoms with Gasteiger partial charge in [0, 0.05) is 18.8 Å². The summed E-state index contributed by atoms with van der Waals surface area (Å²) >= 11 is 0. The molecule has 1 atom stereocenters. The second kappa shape index (κ2) is 5.61. The van der Waals surface area contributed by atoms with E-state index in [4.69, 9.17) is 5.73 Å². The van der Waals surface area contributed by atoms with Gasteiger partial charge < -0.3 is 5.73 Å². The fraction of sp³-hybridized carbons (Fsp3) is 0.571. The minimum atomic E-state index is -3.48. The summed E-state index contributed by atoms with van der Waals surface area (Å²) < 4.78 is 29.1. The lowest BCUT2D eigenvalue weighted by atomic mass is 10.0. The van der Waals surface area contributed by atoms with E-state index in [2.05, 4.69) is 11.6 Å². The summed E-state index contributed by atoms with van der Waals surface area (Å²) in [4.78, 5) is 0. The lowest BCUT2D eigenvalue weighted by Crippen LogP contribution is -2.42. The Morgan fingerprint density at radius 3 is 2.65 bits per heavy atom. The fourth-order valence-electron chi connectivity index (χ4n) is 2.52. The highest BCUT2D eigenvalue weighted by Crippen LogP contribution is 2.25. The van der Waals surface area contributed by atoms with E-state index in [0.717, 1.165) is 24.0 Å². The summed E-state index contributed by atoms with van der Waals surface area (Å²) in [5, 5.41) is 0. The number of hydrogen-bond donors (Lipinski definition) is 2. The maximum atomic E-state index is 12.4. The maximum Gasteiger partial charge on any atom is 0.301 e. The van der Waals surface area contributed by atoms with Gasteiger partial charge in [-0.25, -0.2) is 0 Å². The quantitative estimate of drug-likeness (QED) is 0.840. The number of nitrogens with two attached hydrogens (primary N) is 1. The summed E-state index contributed by atoms with van der Waals surface area (Å²) in [5.41, 5.74) is 8.82. The van der Waals surface area contributed by atoms with E-state index in [1.165, 1.54) is 4.31 Å². The number of hydrogen-bond acceptors (Lipinski definition) is 3. The lowest BCUT2D eigenvalue weighted by molar-refractivity contribution is 0.282. The smallest absolute Gasteiger partial charge is 0.301 e. The average molecular weight is 297 g/mol. The molecule has 1 aliphatic rings. The van der Waals surface area contributed by atoms with E-state index < -0.39 is 10.2 Å². The summed E-state index contributed by atoms with van der Waals surface area (Å²) in [5.74, 6) is 0.412. The third-order valence-electron chi connectivity index (χ3n) is 3.81. The predicted octanol–water partition coefficient (Wildman–Crippen LogP) is 2.27. The zero-order valence-electron chi connectivity index (χ0n) is 12.3. The second-order valence-electron chi connectivity index (χ2n) is 5.74. The van der Waals surface area contributed by atoms with Gasteiger partial charge in [-0.1, -0.05) is 6.92 Å². The number of nitrogens with zero attached hydrogens (tertiary/aromatic N) is 1. The van der Waals surface area contributed by atoms with Crippen LogP contribution in [0.2, 0.25) is 0 Å². The first-order chi connectivity index (χ1) is 9.29. The molecule has 1 heterocycles. The molecular weight excluding hydrogens is 274 g/mol. The Balaban J connectivity index is 2.22. The number of aryl methyl sites for hydroxylation is 2. The third kappa shape index (κ3) is 3.24. The Bertz CT molecular complexity index is 599. The van der Waals surface area contributed by atoms with E-state index in [-0.39, 0.29) is 0 Å². The standard InChI is InChI=1S/C14H23N3O2S/c1-10-5-4-6-17(9-10)20(18,19)16-14-8-11(2)13(15)7-12(14)3/h7-8,10,16H,4-6,9,15H2,1-3H3. The Kier molecular flexibility index (Phi) is 4.25. The van der Waals surface area contributed by atoms with Crippen molar-refractivity contribution in [3.05, 3.63) is 23.3 Å². The van der Waals surface area contributed by atoms with Gasteiger partial charge in [-0.05, 0) is 55.9 Å². The molecule has 1 fully saturated rings. The Hall–Kier alpha value is -1.27. The minimum absolute atomic E-state index is 0.412. The van der Waals surface area contributed by atoms with Crippen LogP contribution in [-0.2, 0) is 10.2 Å². The van der Waals surface area contributed by atoms with Gasteiger partial charge in [0.05, 0.1) is 5.69 Å². The van der Waals surface area contributed by atoms with E-state index in [1.807, 2.05) is 13.8 Å². The molecule has 1 aromatic rings. The molecule has 1 aromatic carbocycles. The average Bonchev–Trinajstić information content (AvgIpc) is 2.36. The molecule has 0 aromatic heterocycles. The molecule has 1 saturated heterocycles. The van der Waals surface area contributed by atoms with Crippen LogP contribution in [0.25, 0.3) is 0 Å². The van der Waals surface area contributed by atoms with Crippen LogP contribution in [0.15, 0.2) is 12.1 Å². The van der Waals surface area contributed by atoms with Crippen molar-refractivity contribution in [2.24, 2.45) is 5.92 Å². The van der Waals surface area contributed by atoms with Gasteiger partial charge in [0.15, 0.2) is 0 Å². The van der Waals surface area contributed by atoms with Crippen LogP contribution in [0, 0.1) is 19.8 Å². The van der Waals surface area contributed by atoms with Gasteiger partial charge in [0.2, 0.25) is 0 Å². The van der Waals surface area contributed by atoms with Gasteiger partial charge in [0.1, 0.15) is 0 Å². The number of rotatable bonds is 3. The van der Waals surface area contributed by atoms with E-state index in [9.17, 15) is 8.42 Å². The van der Waals surface area contributed by atoms with Gasteiger partial charge in [-0.2, -0.15) is 12.7 Å². The summed E-state index contributed by atoms with van der Waals surface area (Å²) in [7, 11) is -3.48. The maximum absolute atomic E-state index is 12.4. The minimum Gasteiger partial charge on any atom is -0.399 e. The number of anilines is 2. The highest BCUT2D eigenvalue weighted by molar-refractivity contribution is 7.90. The van der Waals surface area contributed by atoms with Gasteiger partial charge in [-0.15, -0.1) is 0 Å². The van der Waals surface area contributed by atoms with E-state index in [0.29, 0.717) is 30.4 Å². The summed E-state index contributed by atoms with van der Waals surface area (Å²) in [6.07, 6.45) is 2.01. The molecule has 1 aliphatic heterocycles. The first-order valence-electron chi connectivity index (χ1n) is 6.94. The molecule has 0 radical (unpaired) electrons. The van der Waals surface area contributed by atoms with Crippen LogP contribution >= 0.6 is 0 Å². The Labute approximate surface area is 121 Å². The monoisotopic (exact) mass is 297 g/mol. The number of benzene rings is 1. The second-order valence-corrected chi connectivity index (χ2v) is 7.41. The van der Waals surface area contributed by atoms with Crippen molar-refractivity contribution in [1.82, 2.24) is 4.31 Å². The highest BCUT2D eigenvalue weighted by atomic mass is 32.2. The molecule has 2 rings (SSSR count). The van der Waals surface area contributed by atoms with Crippen LogP contribution < -0.4 is 10.5 Å². The van der Waals surface area contributed by atoms with E-state index in [1.54, 1.807) is 12.1 Å². The molecular formula is C14H23N3O2S. The SMILES string of the molecule is Cc1cc(NS(=O)(=O)N2CCCC(C)C2)c(C)cc1N. The van der Waals surface area contributed by atoms with Gasteiger partial charge >= 0.3 is 10.2 Å². The molecule has 0 aliphatic carbocycles. The molecule has 0 saturated carbocycles. The number of nitrogen functional groups attached to an aromatic ring is 1. The van der Waals surface area contributed by atoms with E-state index >= 15 is 0 Å². The Morgan fingerprint density at radius 2 is 2.00 bits per heavy atom. The van der Waals surface area contributed by atoms with Crippen molar-refractivity contribution in [3.8, 4) is 0 Å². The number of nitrogens with one attached hydrogen (secondary N) is 1. The topological polar surface area (TPSA) is 75.4 Å². The largest absolute Gasteiger partial charge is 0.399 e. The third-order valence-corrected chi connectivity index (χ3v) is 5.30. The number of piperidine rings is 1. The van der Waals surface area contributed by atoms with Crippen molar-refractivity contribution in [2.75, 3.05) is 23.5 Å². The van der Waals surface area contributed by atoms with Crippen LogP contribution in [0.5, 0.6) is 0 Å². The molecule has 5 nitrogen and oxygen atoms in total. The first-order valence-corrected chi connectivity index (χ1v) is 8.38. The molecule has 0 amide bonds. The molecule has 0 bridgehead atoms. The lowest BCUT2D eigenvalue weighted by Gasteiger charge is -2.30. The molecule has 1 unspecified atom stereocenters. The van der Waals surface area contributed by atoms with Crippen LogP contribution in [-0.4, -0.2) is 25.8 Å². The molecule has 3 N–H and O–H groups in total. The van der Waals surface area contributed by atoms with Gasteiger partial charge in [-0.3, -0.25) is 4.72 Å².